The number of esters is 1. The Kier molecular flexibility index (Phi) is 11.3. The summed E-state index contributed by atoms with van der Waals surface area (Å²) >= 11 is 6.02. The molecule has 2 N–H and O–H groups in total. The van der Waals surface area contributed by atoms with Crippen molar-refractivity contribution in [2.45, 2.75) is 25.7 Å². The van der Waals surface area contributed by atoms with Gasteiger partial charge in [-0.05, 0) is 73.0 Å². The molecule has 3 aromatic carbocycles. The summed E-state index contributed by atoms with van der Waals surface area (Å²) in [6.45, 7) is 0.503. The minimum absolute atomic E-state index is 0.202. The Morgan fingerprint density at radius 2 is 1.64 bits per heavy atom. The van der Waals surface area contributed by atoms with E-state index in [1.165, 1.54) is 20.4 Å². The van der Waals surface area contributed by atoms with Crippen LogP contribution in [-0.4, -0.2) is 44.8 Å². The van der Waals surface area contributed by atoms with E-state index in [1.54, 1.807) is 66.7 Å². The van der Waals surface area contributed by atoms with E-state index in [0.717, 1.165) is 18.4 Å². The molecule has 0 saturated carbocycles. The van der Waals surface area contributed by atoms with E-state index in [0.29, 0.717) is 52.8 Å². The van der Waals surface area contributed by atoms with E-state index >= 15 is 0 Å². The molecule has 0 saturated heterocycles. The molecule has 0 spiro atoms. The Balaban J connectivity index is 1.34. The lowest BCUT2D eigenvalue weighted by Gasteiger charge is -2.09. The summed E-state index contributed by atoms with van der Waals surface area (Å²) in [4.78, 5) is 36.6. The zero-order valence-corrected chi connectivity index (χ0v) is 22.5. The van der Waals surface area contributed by atoms with Gasteiger partial charge in [0.2, 0.25) is 5.91 Å². The Hall–Kier alpha value is -4.37. The second kappa shape index (κ2) is 15.1. The van der Waals surface area contributed by atoms with Gasteiger partial charge in [-0.25, -0.2) is 10.2 Å². The van der Waals surface area contributed by atoms with Crippen LogP contribution in [0.5, 0.6) is 17.2 Å². The van der Waals surface area contributed by atoms with E-state index < -0.39 is 5.97 Å². The molecule has 10 heteroatoms. The standard InChI is InChI=1S/C29H30ClN3O6/c1-37-25-16-13-21(18-26(25)38-2)29(36)39-22-14-11-20(12-15-22)19-32-33-27(34)10-4-3-7-17-31-28(35)23-8-5-6-9-24(23)30/h5-6,8-9,11-16,18-19H,3-4,7,10,17H2,1-2H3,(H,31,35)(H,33,34)/b32-19+. The number of halogens is 1. The molecule has 0 atom stereocenters. The van der Waals surface area contributed by atoms with Crippen LogP contribution in [0.4, 0.5) is 0 Å². The minimum Gasteiger partial charge on any atom is -0.493 e. The minimum atomic E-state index is -0.535. The maximum absolute atomic E-state index is 12.4. The Morgan fingerprint density at radius 3 is 2.36 bits per heavy atom. The van der Waals surface area contributed by atoms with Crippen LogP contribution in [-0.2, 0) is 4.79 Å². The number of hydrogen-bond acceptors (Lipinski definition) is 7. The van der Waals surface area contributed by atoms with Gasteiger partial charge < -0.3 is 19.5 Å². The highest BCUT2D eigenvalue weighted by molar-refractivity contribution is 6.33. The fraction of sp³-hybridized carbons (Fsp3) is 0.241. The third-order valence-electron chi connectivity index (χ3n) is 5.60. The van der Waals surface area contributed by atoms with Crippen LogP contribution in [0.3, 0.4) is 0 Å². The summed E-state index contributed by atoms with van der Waals surface area (Å²) in [6.07, 6.45) is 4.02. The second-order valence-electron chi connectivity index (χ2n) is 8.37. The topological polar surface area (TPSA) is 115 Å². The zero-order chi connectivity index (χ0) is 28.0. The Morgan fingerprint density at radius 1 is 0.897 bits per heavy atom. The quantitative estimate of drug-likeness (QED) is 0.101. The Bertz CT molecular complexity index is 1310. The molecule has 0 aromatic heterocycles. The monoisotopic (exact) mass is 551 g/mol. The number of ether oxygens (including phenoxy) is 3. The molecule has 0 aliphatic carbocycles. The third-order valence-corrected chi connectivity index (χ3v) is 5.93. The zero-order valence-electron chi connectivity index (χ0n) is 21.7. The molecule has 0 heterocycles. The van der Waals surface area contributed by atoms with Crippen LogP contribution in [0.25, 0.3) is 0 Å². The molecule has 0 fully saturated rings. The largest absolute Gasteiger partial charge is 0.493 e. The highest BCUT2D eigenvalue weighted by Crippen LogP contribution is 2.28. The summed E-state index contributed by atoms with van der Waals surface area (Å²) in [5.74, 6) is 0.356. The van der Waals surface area contributed by atoms with Crippen LogP contribution in [0.15, 0.2) is 71.8 Å². The van der Waals surface area contributed by atoms with Crippen LogP contribution in [0, 0.1) is 0 Å². The summed E-state index contributed by atoms with van der Waals surface area (Å²) in [7, 11) is 3.01. The maximum Gasteiger partial charge on any atom is 0.343 e. The van der Waals surface area contributed by atoms with Crippen LogP contribution >= 0.6 is 11.6 Å². The number of amides is 2. The van der Waals surface area contributed by atoms with Gasteiger partial charge >= 0.3 is 5.97 Å². The summed E-state index contributed by atoms with van der Waals surface area (Å²) in [5.41, 5.74) is 3.98. The third kappa shape index (κ3) is 9.15. The smallest absolute Gasteiger partial charge is 0.343 e. The fourth-order valence-corrected chi connectivity index (χ4v) is 3.74. The molecule has 2 amide bonds. The van der Waals surface area contributed by atoms with Gasteiger partial charge in [0.15, 0.2) is 11.5 Å². The van der Waals surface area contributed by atoms with Gasteiger partial charge in [-0.15, -0.1) is 0 Å². The van der Waals surface area contributed by atoms with Crippen molar-refractivity contribution in [3.63, 3.8) is 0 Å². The van der Waals surface area contributed by atoms with Crippen molar-refractivity contribution in [1.29, 1.82) is 0 Å². The Labute approximate surface area is 232 Å². The summed E-state index contributed by atoms with van der Waals surface area (Å²) in [6, 6.07) is 18.3. The van der Waals surface area contributed by atoms with E-state index in [4.69, 9.17) is 25.8 Å². The first-order chi connectivity index (χ1) is 18.9. The number of methoxy groups -OCH3 is 2. The lowest BCUT2D eigenvalue weighted by molar-refractivity contribution is -0.121. The van der Waals surface area contributed by atoms with Crippen molar-refractivity contribution in [2.75, 3.05) is 20.8 Å². The number of nitrogens with zero attached hydrogens (tertiary/aromatic N) is 1. The molecule has 0 unspecified atom stereocenters. The maximum atomic E-state index is 12.4. The number of nitrogens with one attached hydrogen (secondary N) is 2. The number of hydrazone groups is 1. The first kappa shape index (κ1) is 29.2. The number of unbranched alkanes of at least 4 members (excludes halogenated alkanes) is 2. The normalized spacial score (nSPS) is 10.6. The van der Waals surface area contributed by atoms with E-state index in [-0.39, 0.29) is 11.8 Å². The van der Waals surface area contributed by atoms with Crippen molar-refractivity contribution < 1.29 is 28.6 Å². The van der Waals surface area contributed by atoms with Crippen molar-refractivity contribution in [2.24, 2.45) is 5.10 Å². The molecule has 3 rings (SSSR count). The number of carbonyl (C=O) groups excluding carboxylic acids is 3. The molecular weight excluding hydrogens is 522 g/mol. The lowest BCUT2D eigenvalue weighted by atomic mass is 10.1. The predicted molar refractivity (Wildman–Crippen MR) is 149 cm³/mol. The van der Waals surface area contributed by atoms with Gasteiger partial charge in [0.05, 0.1) is 36.6 Å². The van der Waals surface area contributed by atoms with Gasteiger partial charge in [0.25, 0.3) is 5.91 Å². The van der Waals surface area contributed by atoms with Crippen molar-refractivity contribution >= 4 is 35.6 Å². The van der Waals surface area contributed by atoms with Gasteiger partial charge in [-0.1, -0.05) is 30.2 Å². The first-order valence-electron chi connectivity index (χ1n) is 12.3. The average Bonchev–Trinajstić information content (AvgIpc) is 2.95. The van der Waals surface area contributed by atoms with E-state index in [9.17, 15) is 14.4 Å². The molecule has 0 radical (unpaired) electrons. The molecule has 0 aliphatic heterocycles. The lowest BCUT2D eigenvalue weighted by Crippen LogP contribution is -2.24. The van der Waals surface area contributed by atoms with Gasteiger partial charge in [-0.2, -0.15) is 5.10 Å². The SMILES string of the molecule is COc1ccc(C(=O)Oc2ccc(/C=N/NC(=O)CCCCCNC(=O)c3ccccc3Cl)cc2)cc1OC. The number of carbonyl (C=O) groups is 3. The summed E-state index contributed by atoms with van der Waals surface area (Å²) in [5, 5.41) is 7.21. The van der Waals surface area contributed by atoms with Crippen LogP contribution in [0.2, 0.25) is 5.02 Å². The van der Waals surface area contributed by atoms with Gasteiger partial charge in [0.1, 0.15) is 5.75 Å². The van der Waals surface area contributed by atoms with E-state index in [2.05, 4.69) is 15.8 Å². The van der Waals surface area contributed by atoms with Crippen molar-refractivity contribution in [1.82, 2.24) is 10.7 Å². The fourth-order valence-electron chi connectivity index (χ4n) is 3.52. The van der Waals surface area contributed by atoms with Gasteiger partial charge in [-0.3, -0.25) is 9.59 Å². The molecule has 0 bridgehead atoms. The number of hydrogen-bond donors (Lipinski definition) is 2. The van der Waals surface area contributed by atoms with Crippen molar-refractivity contribution in [3.05, 3.63) is 88.4 Å². The highest BCUT2D eigenvalue weighted by atomic mass is 35.5. The molecule has 39 heavy (non-hydrogen) atoms. The van der Waals surface area contributed by atoms with Crippen molar-refractivity contribution in [3.8, 4) is 17.2 Å². The van der Waals surface area contributed by atoms with Gasteiger partial charge in [0, 0.05) is 13.0 Å². The van der Waals surface area contributed by atoms with Crippen LogP contribution < -0.4 is 25.0 Å². The molecule has 3 aromatic rings. The summed E-state index contributed by atoms with van der Waals surface area (Å²) < 4.78 is 15.8. The first-order valence-corrected chi connectivity index (χ1v) is 12.7. The molecule has 0 aliphatic rings. The number of benzene rings is 3. The van der Waals surface area contributed by atoms with E-state index in [1.807, 2.05) is 0 Å². The molecule has 204 valence electrons. The average molecular weight is 552 g/mol. The van der Waals surface area contributed by atoms with Crippen LogP contribution in [0.1, 0.15) is 52.0 Å². The molecular formula is C29H30ClN3O6. The molecule has 9 nitrogen and oxygen atoms in total. The second-order valence-corrected chi connectivity index (χ2v) is 8.78. The predicted octanol–water partition coefficient (Wildman–Crippen LogP) is 5.02. The highest BCUT2D eigenvalue weighted by Gasteiger charge is 2.13. The number of rotatable bonds is 13.